The third-order valence-corrected chi connectivity index (χ3v) is 7.08. The minimum Gasteiger partial charge on any atom is -0.497 e. The molecule has 4 rings (SSSR count). The Kier molecular flexibility index (Phi) is 9.94. The summed E-state index contributed by atoms with van der Waals surface area (Å²) in [5, 5.41) is 0.826. The largest absolute Gasteiger partial charge is 0.497 e. The summed E-state index contributed by atoms with van der Waals surface area (Å²) in [6.07, 6.45) is -3.07. The lowest BCUT2D eigenvalue weighted by molar-refractivity contribution is -0.138. The lowest BCUT2D eigenvalue weighted by Crippen LogP contribution is -2.40. The fourth-order valence-electron chi connectivity index (χ4n) is 5.11. The Bertz CT molecular complexity index is 1260. The van der Waals surface area contributed by atoms with Crippen molar-refractivity contribution in [2.75, 3.05) is 20.8 Å². The van der Waals surface area contributed by atoms with E-state index < -0.39 is 17.6 Å². The Hall–Kier alpha value is -3.19. The number of carbonyl (C=O) groups is 1. The normalized spacial score (nSPS) is 14.7. The molecule has 1 aliphatic heterocycles. The number of amides is 1. The van der Waals surface area contributed by atoms with Gasteiger partial charge in [0.05, 0.1) is 25.8 Å². The molecule has 1 atom stereocenters. The highest BCUT2D eigenvalue weighted by atomic mass is 35.5. The molecule has 1 amide bonds. The Balaban J connectivity index is 0.000000395. The highest BCUT2D eigenvalue weighted by Gasteiger charge is 2.36. The number of hydrogen-bond acceptors (Lipinski definition) is 3. The molecule has 210 valence electrons. The predicted octanol–water partition coefficient (Wildman–Crippen LogP) is 8.39. The first-order valence-electron chi connectivity index (χ1n) is 12.9. The van der Waals surface area contributed by atoms with E-state index in [0.29, 0.717) is 30.9 Å². The van der Waals surface area contributed by atoms with Gasteiger partial charge in [-0.1, -0.05) is 37.6 Å². The number of aryl methyl sites for hydroxylation is 3. The first-order chi connectivity index (χ1) is 18.4. The number of ether oxygens (including phenoxy) is 2. The molecule has 1 aliphatic rings. The quantitative estimate of drug-likeness (QED) is 0.314. The highest BCUT2D eigenvalue weighted by molar-refractivity contribution is 6.30. The number of carbonyl (C=O) groups excluding carboxylic acids is 1. The number of fused-ring (bicyclic) bond motifs is 1. The predicted molar refractivity (Wildman–Crippen MR) is 149 cm³/mol. The lowest BCUT2D eigenvalue weighted by atomic mass is 9.89. The molecule has 0 radical (unpaired) electrons. The minimum absolute atomic E-state index is 0.0499. The molecule has 0 N–H and O–H groups in total. The average molecular weight is 562 g/mol. The Morgan fingerprint density at radius 1 is 1.00 bits per heavy atom. The van der Waals surface area contributed by atoms with Crippen LogP contribution in [0.4, 0.5) is 13.2 Å². The van der Waals surface area contributed by atoms with Crippen molar-refractivity contribution < 1.29 is 27.4 Å². The van der Waals surface area contributed by atoms with Gasteiger partial charge in [0.1, 0.15) is 11.5 Å². The average Bonchev–Trinajstić information content (AvgIpc) is 2.89. The van der Waals surface area contributed by atoms with Crippen LogP contribution < -0.4 is 9.47 Å². The lowest BCUT2D eigenvalue weighted by Gasteiger charge is -2.38. The first-order valence-corrected chi connectivity index (χ1v) is 13.3. The molecular weight excluding hydrogens is 527 g/mol. The summed E-state index contributed by atoms with van der Waals surface area (Å²) in [6.45, 7) is 8.11. The van der Waals surface area contributed by atoms with Gasteiger partial charge in [-0.25, -0.2) is 0 Å². The van der Waals surface area contributed by atoms with Gasteiger partial charge in [-0.05, 0) is 85.7 Å². The van der Waals surface area contributed by atoms with Crippen molar-refractivity contribution in [1.29, 1.82) is 0 Å². The van der Waals surface area contributed by atoms with Crippen LogP contribution in [0.25, 0.3) is 0 Å². The van der Waals surface area contributed by atoms with Crippen molar-refractivity contribution in [1.82, 2.24) is 4.90 Å². The zero-order chi connectivity index (χ0) is 28.9. The SMILES string of the molecule is CCc1ccc(C(=O)N2CCc3cc(OC)cc(OC)c3C2CC)cc1C(F)(F)F.Cc1cc(C)cc(Cl)c1. The van der Waals surface area contributed by atoms with Gasteiger partial charge >= 0.3 is 6.18 Å². The van der Waals surface area contributed by atoms with Crippen molar-refractivity contribution >= 4 is 17.5 Å². The maximum absolute atomic E-state index is 13.5. The van der Waals surface area contributed by atoms with Crippen LogP contribution in [0.15, 0.2) is 48.5 Å². The summed E-state index contributed by atoms with van der Waals surface area (Å²) in [4.78, 5) is 14.9. The highest BCUT2D eigenvalue weighted by Crippen LogP contribution is 2.42. The second-order valence-corrected chi connectivity index (χ2v) is 10.0. The standard InChI is InChI=1S/C23H26F3NO3.C8H9Cl/c1-5-14-7-8-16(12-18(14)23(24,25)26)22(28)27-10-9-15-11-17(29-3)13-20(30-4)21(15)19(27)6-2;1-6-3-7(2)5-8(9)4-6/h7-8,11-13,19H,5-6,9-10H2,1-4H3;3-5H,1-2H3. The monoisotopic (exact) mass is 561 g/mol. The van der Waals surface area contributed by atoms with Crippen LogP contribution in [-0.4, -0.2) is 31.6 Å². The molecule has 0 fully saturated rings. The van der Waals surface area contributed by atoms with Crippen LogP contribution >= 0.6 is 11.6 Å². The van der Waals surface area contributed by atoms with Gasteiger partial charge in [0, 0.05) is 28.8 Å². The summed E-state index contributed by atoms with van der Waals surface area (Å²) in [7, 11) is 3.14. The molecule has 3 aromatic carbocycles. The van der Waals surface area contributed by atoms with Crippen LogP contribution in [0.2, 0.25) is 5.02 Å². The van der Waals surface area contributed by atoms with Gasteiger partial charge in [0.25, 0.3) is 5.91 Å². The van der Waals surface area contributed by atoms with E-state index in [1.165, 1.54) is 23.3 Å². The minimum atomic E-state index is -4.50. The first kappa shape index (κ1) is 30.4. The topological polar surface area (TPSA) is 38.8 Å². The Morgan fingerprint density at radius 3 is 2.18 bits per heavy atom. The number of nitrogens with zero attached hydrogens (tertiary/aromatic N) is 1. The van der Waals surface area contributed by atoms with Crippen molar-refractivity contribution in [3.8, 4) is 11.5 Å². The second-order valence-electron chi connectivity index (χ2n) is 9.60. The molecule has 8 heteroatoms. The van der Waals surface area contributed by atoms with E-state index >= 15 is 0 Å². The number of benzene rings is 3. The maximum Gasteiger partial charge on any atom is 0.416 e. The smallest absolute Gasteiger partial charge is 0.416 e. The van der Waals surface area contributed by atoms with Crippen LogP contribution in [0.1, 0.15) is 70.0 Å². The molecule has 0 spiro atoms. The molecular formula is C31H35ClF3NO3. The Morgan fingerprint density at radius 2 is 1.67 bits per heavy atom. The number of methoxy groups -OCH3 is 2. The summed E-state index contributed by atoms with van der Waals surface area (Å²) in [5.74, 6) is 0.884. The number of hydrogen-bond donors (Lipinski definition) is 0. The second kappa shape index (κ2) is 12.8. The van der Waals surface area contributed by atoms with Crippen molar-refractivity contribution in [2.24, 2.45) is 0 Å². The zero-order valence-corrected chi connectivity index (χ0v) is 24.0. The van der Waals surface area contributed by atoms with Gasteiger partial charge in [-0.2, -0.15) is 13.2 Å². The summed E-state index contributed by atoms with van der Waals surface area (Å²) < 4.78 is 51.3. The van der Waals surface area contributed by atoms with E-state index in [-0.39, 0.29) is 23.6 Å². The fraction of sp³-hybridized carbons (Fsp3) is 0.387. The van der Waals surface area contributed by atoms with E-state index in [9.17, 15) is 18.0 Å². The fourth-order valence-corrected chi connectivity index (χ4v) is 5.46. The number of halogens is 4. The van der Waals surface area contributed by atoms with E-state index in [0.717, 1.165) is 22.2 Å². The zero-order valence-electron chi connectivity index (χ0n) is 23.2. The van der Waals surface area contributed by atoms with E-state index in [4.69, 9.17) is 21.1 Å². The third-order valence-electron chi connectivity index (χ3n) is 6.87. The molecule has 0 saturated carbocycles. The number of rotatable bonds is 5. The van der Waals surface area contributed by atoms with E-state index in [2.05, 4.69) is 6.07 Å². The van der Waals surface area contributed by atoms with Crippen LogP contribution in [0.5, 0.6) is 11.5 Å². The molecule has 0 bridgehead atoms. The molecule has 0 aromatic heterocycles. The molecule has 1 unspecified atom stereocenters. The summed E-state index contributed by atoms with van der Waals surface area (Å²) >= 11 is 5.75. The molecule has 1 heterocycles. The van der Waals surface area contributed by atoms with Gasteiger partial charge in [-0.15, -0.1) is 0 Å². The molecule has 4 nitrogen and oxygen atoms in total. The summed E-state index contributed by atoms with van der Waals surface area (Å²) in [6, 6.07) is 13.3. The number of alkyl halides is 3. The molecule has 3 aromatic rings. The Labute approximate surface area is 233 Å². The van der Waals surface area contributed by atoms with Crippen LogP contribution in [-0.2, 0) is 19.0 Å². The third kappa shape index (κ3) is 7.07. The van der Waals surface area contributed by atoms with Crippen molar-refractivity contribution in [3.63, 3.8) is 0 Å². The van der Waals surface area contributed by atoms with Crippen LogP contribution in [0, 0.1) is 13.8 Å². The van der Waals surface area contributed by atoms with Gasteiger partial charge < -0.3 is 14.4 Å². The summed E-state index contributed by atoms with van der Waals surface area (Å²) in [5.41, 5.74) is 3.85. The van der Waals surface area contributed by atoms with E-state index in [1.807, 2.05) is 39.0 Å². The van der Waals surface area contributed by atoms with Crippen molar-refractivity contribution in [3.05, 3.63) is 92.5 Å². The maximum atomic E-state index is 13.5. The molecule has 39 heavy (non-hydrogen) atoms. The molecule has 0 aliphatic carbocycles. The van der Waals surface area contributed by atoms with Crippen molar-refractivity contribution in [2.45, 2.75) is 59.2 Å². The van der Waals surface area contributed by atoms with Gasteiger partial charge in [0.15, 0.2) is 0 Å². The van der Waals surface area contributed by atoms with Crippen LogP contribution in [0.3, 0.4) is 0 Å². The van der Waals surface area contributed by atoms with Gasteiger partial charge in [-0.3, -0.25) is 4.79 Å². The van der Waals surface area contributed by atoms with Gasteiger partial charge in [0.2, 0.25) is 0 Å². The molecule has 0 saturated heterocycles. The van der Waals surface area contributed by atoms with E-state index in [1.54, 1.807) is 32.1 Å².